The number of ether oxygens (including phenoxy) is 3. The molecule has 19 heavy (non-hydrogen) atoms. The maximum absolute atomic E-state index is 5.29. The van der Waals surface area contributed by atoms with Crippen LogP contribution in [0, 0.1) is 0 Å². The highest BCUT2D eigenvalue weighted by Crippen LogP contribution is 2.38. The molecule has 2 rings (SSSR count). The standard InChI is InChI=1S/C12H16N4O3/c1-17-10-4-9(5-11(18-2)12(10)19-3)6-15-16-7-13-14-8-16/h4-5,7-8,15H,6H2,1-3H3. The van der Waals surface area contributed by atoms with Crippen molar-refractivity contribution in [2.45, 2.75) is 6.54 Å². The Kier molecular flexibility index (Phi) is 4.07. The Labute approximate surface area is 111 Å². The van der Waals surface area contributed by atoms with Crippen molar-refractivity contribution in [2.75, 3.05) is 26.8 Å². The van der Waals surface area contributed by atoms with Crippen molar-refractivity contribution in [3.63, 3.8) is 0 Å². The molecule has 0 saturated heterocycles. The van der Waals surface area contributed by atoms with Crippen LogP contribution in [-0.4, -0.2) is 36.2 Å². The van der Waals surface area contributed by atoms with Crippen LogP contribution >= 0.6 is 0 Å². The predicted octanol–water partition coefficient (Wildman–Crippen LogP) is 1.05. The molecule has 0 aliphatic heterocycles. The third-order valence-electron chi connectivity index (χ3n) is 2.61. The summed E-state index contributed by atoms with van der Waals surface area (Å²) in [4.78, 5) is 0. The monoisotopic (exact) mass is 264 g/mol. The minimum atomic E-state index is 0.578. The highest BCUT2D eigenvalue weighted by molar-refractivity contribution is 5.53. The molecule has 0 unspecified atom stereocenters. The highest BCUT2D eigenvalue weighted by Gasteiger charge is 2.12. The molecule has 1 heterocycles. The molecule has 2 aromatic rings. The Hall–Kier alpha value is -2.44. The van der Waals surface area contributed by atoms with E-state index in [2.05, 4.69) is 15.6 Å². The van der Waals surface area contributed by atoms with E-state index in [1.54, 1.807) is 38.7 Å². The predicted molar refractivity (Wildman–Crippen MR) is 69.2 cm³/mol. The van der Waals surface area contributed by atoms with Gasteiger partial charge in [-0.25, -0.2) is 4.68 Å². The maximum Gasteiger partial charge on any atom is 0.203 e. The molecule has 0 saturated carbocycles. The van der Waals surface area contributed by atoms with Gasteiger partial charge in [0.2, 0.25) is 5.75 Å². The molecule has 0 bridgehead atoms. The van der Waals surface area contributed by atoms with Crippen molar-refractivity contribution < 1.29 is 14.2 Å². The lowest BCUT2D eigenvalue weighted by atomic mass is 10.2. The Balaban J connectivity index is 2.20. The fourth-order valence-corrected chi connectivity index (χ4v) is 1.70. The zero-order valence-electron chi connectivity index (χ0n) is 11.1. The average Bonchev–Trinajstić information content (AvgIpc) is 2.97. The minimum Gasteiger partial charge on any atom is -0.493 e. The molecule has 0 radical (unpaired) electrons. The van der Waals surface area contributed by atoms with Crippen LogP contribution in [0.15, 0.2) is 24.8 Å². The van der Waals surface area contributed by atoms with E-state index in [4.69, 9.17) is 14.2 Å². The largest absolute Gasteiger partial charge is 0.493 e. The van der Waals surface area contributed by atoms with E-state index < -0.39 is 0 Å². The van der Waals surface area contributed by atoms with E-state index in [9.17, 15) is 0 Å². The van der Waals surface area contributed by atoms with Crippen molar-refractivity contribution in [2.24, 2.45) is 0 Å². The molecule has 0 aliphatic carbocycles. The second-order valence-electron chi connectivity index (χ2n) is 3.74. The lowest BCUT2D eigenvalue weighted by Crippen LogP contribution is -2.12. The van der Waals surface area contributed by atoms with Gasteiger partial charge in [0.1, 0.15) is 12.7 Å². The smallest absolute Gasteiger partial charge is 0.203 e. The van der Waals surface area contributed by atoms with Gasteiger partial charge in [-0.2, -0.15) is 0 Å². The van der Waals surface area contributed by atoms with E-state index in [-0.39, 0.29) is 0 Å². The van der Waals surface area contributed by atoms with Gasteiger partial charge in [-0.05, 0) is 17.7 Å². The summed E-state index contributed by atoms with van der Waals surface area (Å²) < 4.78 is 17.5. The molecule has 0 fully saturated rings. The Bertz CT molecular complexity index is 503. The number of methoxy groups -OCH3 is 3. The van der Waals surface area contributed by atoms with Gasteiger partial charge in [-0.3, -0.25) is 0 Å². The molecule has 102 valence electrons. The van der Waals surface area contributed by atoms with E-state index >= 15 is 0 Å². The molecule has 0 atom stereocenters. The van der Waals surface area contributed by atoms with Gasteiger partial charge < -0.3 is 19.6 Å². The second kappa shape index (κ2) is 5.94. The summed E-state index contributed by atoms with van der Waals surface area (Å²) in [5.41, 5.74) is 4.11. The van der Waals surface area contributed by atoms with Gasteiger partial charge in [0.05, 0.1) is 27.9 Å². The zero-order valence-corrected chi connectivity index (χ0v) is 11.1. The number of nitrogens with zero attached hydrogens (tertiary/aromatic N) is 3. The first-order chi connectivity index (χ1) is 9.28. The van der Waals surface area contributed by atoms with Crippen LogP contribution in [-0.2, 0) is 6.54 Å². The van der Waals surface area contributed by atoms with Crippen molar-refractivity contribution in [3.8, 4) is 17.2 Å². The fraction of sp³-hybridized carbons (Fsp3) is 0.333. The SMILES string of the molecule is COc1cc(CNn2cnnc2)cc(OC)c1OC. The lowest BCUT2D eigenvalue weighted by molar-refractivity contribution is 0.324. The molecule has 7 heteroatoms. The van der Waals surface area contributed by atoms with Crippen LogP contribution < -0.4 is 19.6 Å². The molecule has 1 aromatic heterocycles. The van der Waals surface area contributed by atoms with Crippen LogP contribution in [0.4, 0.5) is 0 Å². The molecule has 0 amide bonds. The van der Waals surface area contributed by atoms with Crippen LogP contribution in [0.5, 0.6) is 17.2 Å². The van der Waals surface area contributed by atoms with Gasteiger partial charge >= 0.3 is 0 Å². The lowest BCUT2D eigenvalue weighted by Gasteiger charge is -2.14. The first-order valence-electron chi connectivity index (χ1n) is 5.66. The number of aromatic nitrogens is 3. The van der Waals surface area contributed by atoms with E-state index in [1.165, 1.54) is 0 Å². The molecule has 0 spiro atoms. The number of hydrogen-bond acceptors (Lipinski definition) is 6. The van der Waals surface area contributed by atoms with Gasteiger partial charge in [-0.1, -0.05) is 0 Å². The zero-order chi connectivity index (χ0) is 13.7. The summed E-state index contributed by atoms with van der Waals surface area (Å²) in [6.07, 6.45) is 3.16. The molecule has 0 aliphatic rings. The Morgan fingerprint density at radius 3 is 2.05 bits per heavy atom. The van der Waals surface area contributed by atoms with E-state index in [0.717, 1.165) is 5.56 Å². The summed E-state index contributed by atoms with van der Waals surface area (Å²) in [6.45, 7) is 0.578. The summed E-state index contributed by atoms with van der Waals surface area (Å²) in [6, 6.07) is 3.78. The molecule has 1 aromatic carbocycles. The second-order valence-corrected chi connectivity index (χ2v) is 3.74. The Morgan fingerprint density at radius 1 is 1.00 bits per heavy atom. The van der Waals surface area contributed by atoms with Crippen LogP contribution in [0.2, 0.25) is 0 Å². The summed E-state index contributed by atoms with van der Waals surface area (Å²) in [5, 5.41) is 7.42. The van der Waals surface area contributed by atoms with Gasteiger partial charge in [-0.15, -0.1) is 10.2 Å². The summed E-state index contributed by atoms with van der Waals surface area (Å²) in [7, 11) is 4.76. The normalized spacial score (nSPS) is 10.1. The third kappa shape index (κ3) is 2.87. The molecular formula is C12H16N4O3. The van der Waals surface area contributed by atoms with E-state index in [0.29, 0.717) is 23.8 Å². The minimum absolute atomic E-state index is 0.578. The van der Waals surface area contributed by atoms with Crippen molar-refractivity contribution >= 4 is 0 Å². The van der Waals surface area contributed by atoms with Crippen molar-refractivity contribution in [1.29, 1.82) is 0 Å². The third-order valence-corrected chi connectivity index (χ3v) is 2.61. The average molecular weight is 264 g/mol. The van der Waals surface area contributed by atoms with Crippen LogP contribution in [0.1, 0.15) is 5.56 Å². The number of benzene rings is 1. The summed E-state index contributed by atoms with van der Waals surface area (Å²) in [5.74, 6) is 1.84. The molecular weight excluding hydrogens is 248 g/mol. The fourth-order valence-electron chi connectivity index (χ4n) is 1.70. The van der Waals surface area contributed by atoms with Crippen LogP contribution in [0.3, 0.4) is 0 Å². The first kappa shape index (κ1) is 13.0. The van der Waals surface area contributed by atoms with Gasteiger partial charge in [0.25, 0.3) is 0 Å². The van der Waals surface area contributed by atoms with Crippen molar-refractivity contribution in [3.05, 3.63) is 30.4 Å². The quantitative estimate of drug-likeness (QED) is 0.841. The Morgan fingerprint density at radius 2 is 1.58 bits per heavy atom. The highest BCUT2D eigenvalue weighted by atomic mass is 16.5. The first-order valence-corrected chi connectivity index (χ1v) is 5.66. The molecule has 7 nitrogen and oxygen atoms in total. The maximum atomic E-state index is 5.29. The summed E-state index contributed by atoms with van der Waals surface area (Å²) >= 11 is 0. The number of rotatable bonds is 6. The van der Waals surface area contributed by atoms with Gasteiger partial charge in [0, 0.05) is 0 Å². The number of hydrogen-bond donors (Lipinski definition) is 1. The van der Waals surface area contributed by atoms with Crippen molar-refractivity contribution in [1.82, 2.24) is 14.9 Å². The van der Waals surface area contributed by atoms with Gasteiger partial charge in [0.15, 0.2) is 11.5 Å². The topological polar surface area (TPSA) is 70.4 Å². The van der Waals surface area contributed by atoms with E-state index in [1.807, 2.05) is 12.1 Å². The van der Waals surface area contributed by atoms with Crippen LogP contribution in [0.25, 0.3) is 0 Å². The number of nitrogens with one attached hydrogen (secondary N) is 1. The molecule has 1 N–H and O–H groups in total.